The molecular weight excluding hydrogens is 206 g/mol. The summed E-state index contributed by atoms with van der Waals surface area (Å²) in [4.78, 5) is 4.01. The summed E-state index contributed by atoms with van der Waals surface area (Å²) in [6, 6.07) is 3.44. The van der Waals surface area contributed by atoms with Crippen LogP contribution in [0, 0.1) is 5.41 Å². The van der Waals surface area contributed by atoms with Crippen molar-refractivity contribution in [3.05, 3.63) is 24.0 Å². The lowest BCUT2D eigenvalue weighted by Gasteiger charge is -2.11. The molecule has 5 heteroatoms. The van der Waals surface area contributed by atoms with Crippen molar-refractivity contribution in [2.75, 3.05) is 13.2 Å². The summed E-state index contributed by atoms with van der Waals surface area (Å²) >= 11 is 0. The highest BCUT2D eigenvalue weighted by Gasteiger charge is 2.15. The molecule has 3 N–H and O–H groups in total. The molecule has 16 heavy (non-hydrogen) atoms. The van der Waals surface area contributed by atoms with Crippen molar-refractivity contribution in [1.82, 2.24) is 4.98 Å². The number of aromatic nitrogens is 1. The Hall–Kier alpha value is -1.62. The Balaban J connectivity index is 1.87. The molecule has 1 fully saturated rings. The number of nitrogen functional groups attached to an aromatic ring is 1. The third-order valence-corrected chi connectivity index (χ3v) is 2.47. The van der Waals surface area contributed by atoms with Gasteiger partial charge in [0, 0.05) is 6.61 Å². The number of nitrogens with two attached hydrogens (primary N) is 1. The third-order valence-electron chi connectivity index (χ3n) is 2.47. The average Bonchev–Trinajstić information content (AvgIpc) is 2.80. The van der Waals surface area contributed by atoms with Crippen molar-refractivity contribution in [3.63, 3.8) is 0 Å². The fraction of sp³-hybridized carbons (Fsp3) is 0.455. The molecule has 2 rings (SSSR count). The van der Waals surface area contributed by atoms with Gasteiger partial charge in [-0.15, -0.1) is 0 Å². The van der Waals surface area contributed by atoms with Crippen LogP contribution in [-0.2, 0) is 4.74 Å². The molecule has 5 nitrogen and oxygen atoms in total. The molecular formula is C11H15N3O2. The molecule has 0 aromatic carbocycles. The molecule has 0 amide bonds. The first-order chi connectivity index (χ1) is 7.75. The molecule has 1 saturated heterocycles. The van der Waals surface area contributed by atoms with Crippen LogP contribution in [0.25, 0.3) is 0 Å². The minimum absolute atomic E-state index is 0.0364. The SMILES string of the molecule is N=C(N)c1ccc(OCC2CCCO2)cn1. The van der Waals surface area contributed by atoms with E-state index >= 15 is 0 Å². The summed E-state index contributed by atoms with van der Waals surface area (Å²) < 4.78 is 11.0. The van der Waals surface area contributed by atoms with Crippen molar-refractivity contribution in [1.29, 1.82) is 5.41 Å². The quantitative estimate of drug-likeness (QED) is 0.585. The molecule has 0 bridgehead atoms. The van der Waals surface area contributed by atoms with Gasteiger partial charge in [0.25, 0.3) is 0 Å². The van der Waals surface area contributed by atoms with Crippen LogP contribution in [-0.4, -0.2) is 30.1 Å². The maximum absolute atomic E-state index is 7.20. The van der Waals surface area contributed by atoms with E-state index in [1.165, 1.54) is 0 Å². The summed E-state index contributed by atoms with van der Waals surface area (Å²) in [6.45, 7) is 1.39. The highest BCUT2D eigenvalue weighted by Crippen LogP contribution is 2.15. The van der Waals surface area contributed by atoms with Crippen molar-refractivity contribution in [3.8, 4) is 5.75 Å². The van der Waals surface area contributed by atoms with Crippen LogP contribution in [0.1, 0.15) is 18.5 Å². The lowest BCUT2D eigenvalue weighted by molar-refractivity contribution is 0.0678. The first-order valence-electron chi connectivity index (χ1n) is 5.30. The van der Waals surface area contributed by atoms with Gasteiger partial charge in [0.1, 0.15) is 23.9 Å². The fourth-order valence-electron chi connectivity index (χ4n) is 1.59. The second kappa shape index (κ2) is 4.94. The molecule has 0 radical (unpaired) electrons. The summed E-state index contributed by atoms with van der Waals surface area (Å²) in [5.74, 6) is 0.645. The maximum atomic E-state index is 7.20. The summed E-state index contributed by atoms with van der Waals surface area (Å²) in [5, 5.41) is 7.20. The summed E-state index contributed by atoms with van der Waals surface area (Å²) in [6.07, 6.45) is 3.94. The zero-order valence-electron chi connectivity index (χ0n) is 8.98. The standard InChI is InChI=1S/C11H15N3O2/c12-11(13)10-4-3-8(6-14-10)16-7-9-2-1-5-15-9/h3-4,6,9H,1-2,5,7H2,(H3,12,13). The largest absolute Gasteiger partial charge is 0.489 e. The van der Waals surface area contributed by atoms with E-state index in [0.29, 0.717) is 18.1 Å². The zero-order valence-corrected chi connectivity index (χ0v) is 8.98. The highest BCUT2D eigenvalue weighted by molar-refractivity contribution is 5.92. The first-order valence-corrected chi connectivity index (χ1v) is 5.30. The third kappa shape index (κ3) is 2.70. The van der Waals surface area contributed by atoms with Crippen LogP contribution in [0.5, 0.6) is 5.75 Å². The molecule has 0 spiro atoms. The van der Waals surface area contributed by atoms with Gasteiger partial charge in [-0.3, -0.25) is 5.41 Å². The van der Waals surface area contributed by atoms with Gasteiger partial charge in [0.2, 0.25) is 0 Å². The minimum atomic E-state index is -0.0364. The Morgan fingerprint density at radius 2 is 2.50 bits per heavy atom. The first kappa shape index (κ1) is 10.9. The van der Waals surface area contributed by atoms with E-state index in [-0.39, 0.29) is 11.9 Å². The van der Waals surface area contributed by atoms with Crippen LogP contribution >= 0.6 is 0 Å². The maximum Gasteiger partial charge on any atom is 0.141 e. The number of pyridine rings is 1. The Morgan fingerprint density at radius 1 is 1.62 bits per heavy atom. The van der Waals surface area contributed by atoms with E-state index in [0.717, 1.165) is 19.4 Å². The van der Waals surface area contributed by atoms with E-state index in [1.807, 2.05) is 0 Å². The van der Waals surface area contributed by atoms with Crippen molar-refractivity contribution in [2.45, 2.75) is 18.9 Å². The normalized spacial score (nSPS) is 19.6. The number of rotatable bonds is 4. The van der Waals surface area contributed by atoms with Crippen molar-refractivity contribution < 1.29 is 9.47 Å². The Bertz CT molecular complexity index is 358. The molecule has 1 aliphatic heterocycles. The van der Waals surface area contributed by atoms with Crippen molar-refractivity contribution >= 4 is 5.84 Å². The van der Waals surface area contributed by atoms with E-state index in [4.69, 9.17) is 20.6 Å². The van der Waals surface area contributed by atoms with Crippen LogP contribution in [0.4, 0.5) is 0 Å². The van der Waals surface area contributed by atoms with Gasteiger partial charge in [-0.25, -0.2) is 4.98 Å². The minimum Gasteiger partial charge on any atom is -0.489 e. The Labute approximate surface area is 94.1 Å². The van der Waals surface area contributed by atoms with Gasteiger partial charge in [-0.2, -0.15) is 0 Å². The fourth-order valence-corrected chi connectivity index (χ4v) is 1.59. The lowest BCUT2D eigenvalue weighted by atomic mass is 10.2. The van der Waals surface area contributed by atoms with Gasteiger partial charge < -0.3 is 15.2 Å². The summed E-state index contributed by atoms with van der Waals surface area (Å²) in [5.41, 5.74) is 5.76. The number of amidine groups is 1. The lowest BCUT2D eigenvalue weighted by Crippen LogP contribution is -2.17. The second-order valence-electron chi connectivity index (χ2n) is 3.74. The molecule has 1 aliphatic rings. The number of hydrogen-bond acceptors (Lipinski definition) is 4. The van der Waals surface area contributed by atoms with Crippen LogP contribution in [0.15, 0.2) is 18.3 Å². The van der Waals surface area contributed by atoms with Gasteiger partial charge in [0.05, 0.1) is 12.3 Å². The number of hydrogen-bond donors (Lipinski definition) is 2. The average molecular weight is 221 g/mol. The number of ether oxygens (including phenoxy) is 2. The van der Waals surface area contributed by atoms with E-state index in [2.05, 4.69) is 4.98 Å². The van der Waals surface area contributed by atoms with Gasteiger partial charge >= 0.3 is 0 Å². The smallest absolute Gasteiger partial charge is 0.141 e. The van der Waals surface area contributed by atoms with Gasteiger partial charge in [-0.1, -0.05) is 0 Å². The molecule has 1 unspecified atom stereocenters. The predicted molar refractivity (Wildman–Crippen MR) is 59.7 cm³/mol. The predicted octanol–water partition coefficient (Wildman–Crippen LogP) is 0.923. The molecule has 1 aromatic rings. The summed E-state index contributed by atoms with van der Waals surface area (Å²) in [7, 11) is 0. The molecule has 0 aliphatic carbocycles. The van der Waals surface area contributed by atoms with E-state index in [9.17, 15) is 0 Å². The van der Waals surface area contributed by atoms with E-state index in [1.54, 1.807) is 18.3 Å². The number of nitrogens with one attached hydrogen (secondary N) is 1. The van der Waals surface area contributed by atoms with Gasteiger partial charge in [0.15, 0.2) is 0 Å². The number of nitrogens with zero attached hydrogens (tertiary/aromatic N) is 1. The topological polar surface area (TPSA) is 81.2 Å². The zero-order chi connectivity index (χ0) is 11.4. The monoisotopic (exact) mass is 221 g/mol. The second-order valence-corrected chi connectivity index (χ2v) is 3.74. The molecule has 0 saturated carbocycles. The Morgan fingerprint density at radius 3 is 3.06 bits per heavy atom. The van der Waals surface area contributed by atoms with Crippen LogP contribution in [0.2, 0.25) is 0 Å². The molecule has 1 aromatic heterocycles. The van der Waals surface area contributed by atoms with E-state index < -0.39 is 0 Å². The van der Waals surface area contributed by atoms with Crippen molar-refractivity contribution in [2.24, 2.45) is 5.73 Å². The molecule has 1 atom stereocenters. The van der Waals surface area contributed by atoms with Gasteiger partial charge in [-0.05, 0) is 25.0 Å². The molecule has 86 valence electrons. The highest BCUT2D eigenvalue weighted by atomic mass is 16.5. The van der Waals surface area contributed by atoms with Crippen LogP contribution < -0.4 is 10.5 Å². The Kier molecular flexibility index (Phi) is 3.36. The molecule has 2 heterocycles. The van der Waals surface area contributed by atoms with Crippen LogP contribution in [0.3, 0.4) is 0 Å².